The molecular formula is C14H29N3O. The molecule has 1 heterocycles. The van der Waals surface area contributed by atoms with Gasteiger partial charge in [-0.15, -0.1) is 0 Å². The van der Waals surface area contributed by atoms with E-state index in [0.717, 1.165) is 25.9 Å². The van der Waals surface area contributed by atoms with E-state index < -0.39 is 0 Å². The fraction of sp³-hybridized carbons (Fsp3) is 0.929. The topological polar surface area (TPSA) is 49.6 Å². The number of hydrogen-bond donors (Lipinski definition) is 1. The van der Waals surface area contributed by atoms with Crippen molar-refractivity contribution in [3.63, 3.8) is 0 Å². The molecule has 1 rings (SSSR count). The van der Waals surface area contributed by atoms with Crippen molar-refractivity contribution in [1.29, 1.82) is 0 Å². The third-order valence-electron chi connectivity index (χ3n) is 3.56. The van der Waals surface area contributed by atoms with Crippen LogP contribution in [0.1, 0.15) is 40.0 Å². The maximum absolute atomic E-state index is 12.1. The van der Waals surface area contributed by atoms with Crippen LogP contribution in [-0.2, 0) is 4.79 Å². The van der Waals surface area contributed by atoms with E-state index in [9.17, 15) is 4.79 Å². The van der Waals surface area contributed by atoms with Crippen molar-refractivity contribution in [2.24, 2.45) is 11.1 Å². The van der Waals surface area contributed by atoms with Crippen molar-refractivity contribution in [3.05, 3.63) is 0 Å². The van der Waals surface area contributed by atoms with E-state index >= 15 is 0 Å². The molecule has 0 aromatic heterocycles. The highest BCUT2D eigenvalue weighted by molar-refractivity contribution is 5.77. The zero-order valence-corrected chi connectivity index (χ0v) is 12.6. The average Bonchev–Trinajstić information content (AvgIpc) is 2.62. The lowest BCUT2D eigenvalue weighted by Gasteiger charge is -2.25. The van der Waals surface area contributed by atoms with Crippen LogP contribution >= 0.6 is 0 Å². The largest absolute Gasteiger partial charge is 0.341 e. The summed E-state index contributed by atoms with van der Waals surface area (Å²) in [5, 5.41) is 0. The SMILES string of the molecule is CN(C)C1CCN(C(=O)CC(N)CC(C)(C)C)C1. The van der Waals surface area contributed by atoms with Gasteiger partial charge in [0.25, 0.3) is 0 Å². The highest BCUT2D eigenvalue weighted by atomic mass is 16.2. The zero-order valence-electron chi connectivity index (χ0n) is 12.6. The van der Waals surface area contributed by atoms with Gasteiger partial charge < -0.3 is 15.5 Å². The van der Waals surface area contributed by atoms with E-state index in [4.69, 9.17) is 5.73 Å². The Hall–Kier alpha value is -0.610. The van der Waals surface area contributed by atoms with E-state index in [1.54, 1.807) is 0 Å². The Balaban J connectivity index is 2.38. The standard InChI is InChI=1S/C14H29N3O/c1-14(2,3)9-11(15)8-13(18)17-7-6-12(10-17)16(4)5/h11-12H,6-10,15H2,1-5H3. The van der Waals surface area contributed by atoms with Gasteiger partial charge in [0.05, 0.1) is 0 Å². The molecule has 0 aliphatic carbocycles. The summed E-state index contributed by atoms with van der Waals surface area (Å²) >= 11 is 0. The molecule has 0 saturated carbocycles. The molecule has 1 fully saturated rings. The first-order valence-electron chi connectivity index (χ1n) is 6.89. The average molecular weight is 255 g/mol. The van der Waals surface area contributed by atoms with Gasteiger partial charge in [0.15, 0.2) is 0 Å². The van der Waals surface area contributed by atoms with E-state index in [-0.39, 0.29) is 17.4 Å². The highest BCUT2D eigenvalue weighted by Gasteiger charge is 2.28. The summed E-state index contributed by atoms with van der Waals surface area (Å²) in [5.41, 5.74) is 6.26. The molecular weight excluding hydrogens is 226 g/mol. The lowest BCUT2D eigenvalue weighted by Crippen LogP contribution is -2.38. The summed E-state index contributed by atoms with van der Waals surface area (Å²) in [7, 11) is 4.15. The first kappa shape index (κ1) is 15.4. The summed E-state index contributed by atoms with van der Waals surface area (Å²) < 4.78 is 0. The van der Waals surface area contributed by atoms with Crippen LogP contribution in [0.25, 0.3) is 0 Å². The van der Waals surface area contributed by atoms with Gasteiger partial charge in [-0.1, -0.05) is 20.8 Å². The third-order valence-corrected chi connectivity index (χ3v) is 3.56. The summed E-state index contributed by atoms with van der Waals surface area (Å²) in [5.74, 6) is 0.219. The monoisotopic (exact) mass is 255 g/mol. The highest BCUT2D eigenvalue weighted by Crippen LogP contribution is 2.22. The molecule has 0 radical (unpaired) electrons. The van der Waals surface area contributed by atoms with Crippen LogP contribution < -0.4 is 5.73 Å². The Morgan fingerprint density at radius 3 is 2.50 bits per heavy atom. The molecule has 1 aliphatic heterocycles. The molecule has 106 valence electrons. The van der Waals surface area contributed by atoms with Crippen molar-refractivity contribution in [3.8, 4) is 0 Å². The van der Waals surface area contributed by atoms with Crippen LogP contribution in [0.4, 0.5) is 0 Å². The van der Waals surface area contributed by atoms with Gasteiger partial charge in [0.1, 0.15) is 0 Å². The Labute approximate surface area is 111 Å². The van der Waals surface area contributed by atoms with E-state index in [1.807, 2.05) is 4.90 Å². The molecule has 1 saturated heterocycles. The first-order valence-corrected chi connectivity index (χ1v) is 6.89. The number of nitrogens with zero attached hydrogens (tertiary/aromatic N) is 2. The molecule has 2 atom stereocenters. The predicted octanol–water partition coefficient (Wildman–Crippen LogP) is 1.30. The maximum Gasteiger partial charge on any atom is 0.224 e. The molecule has 2 N–H and O–H groups in total. The van der Waals surface area contributed by atoms with Gasteiger partial charge in [-0.05, 0) is 32.4 Å². The number of amides is 1. The fourth-order valence-corrected chi connectivity index (χ4v) is 2.60. The van der Waals surface area contributed by atoms with Crippen molar-refractivity contribution in [2.45, 2.75) is 52.1 Å². The summed E-state index contributed by atoms with van der Waals surface area (Å²) in [6.45, 7) is 8.22. The van der Waals surface area contributed by atoms with E-state index in [2.05, 4.69) is 39.8 Å². The van der Waals surface area contributed by atoms with E-state index in [0.29, 0.717) is 12.5 Å². The molecule has 4 heteroatoms. The van der Waals surface area contributed by atoms with Gasteiger partial charge in [0, 0.05) is 31.6 Å². The first-order chi connectivity index (χ1) is 8.19. The number of carbonyl (C=O) groups is 1. The number of hydrogen-bond acceptors (Lipinski definition) is 3. The molecule has 1 aliphatic rings. The molecule has 0 spiro atoms. The van der Waals surface area contributed by atoms with Crippen LogP contribution in [0, 0.1) is 5.41 Å². The third kappa shape index (κ3) is 4.94. The van der Waals surface area contributed by atoms with Gasteiger partial charge in [0.2, 0.25) is 5.91 Å². The summed E-state index contributed by atoms with van der Waals surface area (Å²) in [4.78, 5) is 16.3. The van der Waals surface area contributed by atoms with Crippen LogP contribution in [0.3, 0.4) is 0 Å². The van der Waals surface area contributed by atoms with Gasteiger partial charge in [-0.2, -0.15) is 0 Å². The molecule has 4 nitrogen and oxygen atoms in total. The smallest absolute Gasteiger partial charge is 0.224 e. The summed E-state index contributed by atoms with van der Waals surface area (Å²) in [6.07, 6.45) is 2.45. The van der Waals surface area contributed by atoms with Crippen molar-refractivity contribution in [1.82, 2.24) is 9.80 Å². The number of likely N-dealkylation sites (N-methyl/N-ethyl adjacent to an activating group) is 1. The second-order valence-corrected chi connectivity index (χ2v) is 6.97. The molecule has 0 aromatic carbocycles. The molecule has 1 amide bonds. The van der Waals surface area contributed by atoms with Crippen molar-refractivity contribution >= 4 is 5.91 Å². The minimum absolute atomic E-state index is 0.0177. The number of likely N-dealkylation sites (tertiary alicyclic amines) is 1. The van der Waals surface area contributed by atoms with Gasteiger partial charge in [-0.3, -0.25) is 4.79 Å². The Morgan fingerprint density at radius 2 is 2.06 bits per heavy atom. The number of carbonyl (C=O) groups excluding carboxylic acids is 1. The van der Waals surface area contributed by atoms with E-state index in [1.165, 1.54) is 0 Å². The Morgan fingerprint density at radius 1 is 1.44 bits per heavy atom. The normalized spacial score (nSPS) is 22.6. The van der Waals surface area contributed by atoms with Gasteiger partial charge >= 0.3 is 0 Å². The van der Waals surface area contributed by atoms with Crippen molar-refractivity contribution < 1.29 is 4.79 Å². The number of rotatable bonds is 4. The predicted molar refractivity (Wildman–Crippen MR) is 75.3 cm³/mol. The molecule has 0 bridgehead atoms. The maximum atomic E-state index is 12.1. The molecule has 18 heavy (non-hydrogen) atoms. The lowest BCUT2D eigenvalue weighted by atomic mass is 9.87. The fourth-order valence-electron chi connectivity index (χ4n) is 2.60. The quantitative estimate of drug-likeness (QED) is 0.824. The summed E-state index contributed by atoms with van der Waals surface area (Å²) in [6, 6.07) is 0.490. The lowest BCUT2D eigenvalue weighted by molar-refractivity contribution is -0.130. The second-order valence-electron chi connectivity index (χ2n) is 6.97. The molecule has 0 aromatic rings. The molecule has 2 unspecified atom stereocenters. The zero-order chi connectivity index (χ0) is 13.9. The second kappa shape index (κ2) is 6.02. The minimum Gasteiger partial charge on any atom is -0.341 e. The van der Waals surface area contributed by atoms with Crippen LogP contribution in [-0.4, -0.2) is 55.0 Å². The van der Waals surface area contributed by atoms with Crippen LogP contribution in [0.2, 0.25) is 0 Å². The minimum atomic E-state index is -0.0177. The van der Waals surface area contributed by atoms with Crippen LogP contribution in [0.15, 0.2) is 0 Å². The Kier molecular flexibility index (Phi) is 5.17. The van der Waals surface area contributed by atoms with Gasteiger partial charge in [-0.25, -0.2) is 0 Å². The Bertz CT molecular complexity index is 283. The van der Waals surface area contributed by atoms with Crippen molar-refractivity contribution in [2.75, 3.05) is 27.2 Å². The van der Waals surface area contributed by atoms with Crippen LogP contribution in [0.5, 0.6) is 0 Å². The number of nitrogens with two attached hydrogens (primary N) is 1.